The number of thioether (sulfide) groups is 1. The first-order valence-corrected chi connectivity index (χ1v) is 8.30. The van der Waals surface area contributed by atoms with Crippen LogP contribution in [0.1, 0.15) is 6.92 Å². The van der Waals surface area contributed by atoms with Gasteiger partial charge in [0.1, 0.15) is 15.6 Å². The van der Waals surface area contributed by atoms with Crippen molar-refractivity contribution in [3.63, 3.8) is 0 Å². The zero-order valence-corrected chi connectivity index (χ0v) is 11.6. The molecule has 1 aromatic rings. The number of hydrogen-bond acceptors (Lipinski definition) is 5. The van der Waals surface area contributed by atoms with Crippen LogP contribution in [0.4, 0.5) is 5.69 Å². The molecule has 0 spiro atoms. The molecule has 0 saturated carbocycles. The van der Waals surface area contributed by atoms with Crippen LogP contribution in [0.2, 0.25) is 0 Å². The monoisotopic (exact) mass is 275 g/mol. The van der Waals surface area contributed by atoms with Gasteiger partial charge in [0, 0.05) is 16.9 Å². The predicted molar refractivity (Wildman–Crippen MR) is 72.5 cm³/mol. The summed E-state index contributed by atoms with van der Waals surface area (Å²) in [5.74, 6) is 1.36. The molecule has 0 unspecified atom stereocenters. The molecule has 0 saturated heterocycles. The van der Waals surface area contributed by atoms with E-state index in [1.165, 1.54) is 18.0 Å². The van der Waals surface area contributed by atoms with Gasteiger partial charge in [-0.2, -0.15) is 0 Å². The van der Waals surface area contributed by atoms with E-state index >= 15 is 0 Å². The molecule has 0 radical (unpaired) electrons. The second-order valence-electron chi connectivity index (χ2n) is 3.61. The number of sulfone groups is 1. The number of benzene rings is 1. The van der Waals surface area contributed by atoms with E-state index in [-0.39, 0.29) is 5.75 Å². The average Bonchev–Trinajstić information content (AvgIpc) is 2.21. The third kappa shape index (κ3) is 5.32. The zero-order valence-electron chi connectivity index (χ0n) is 9.97. The minimum absolute atomic E-state index is 0.173. The van der Waals surface area contributed by atoms with E-state index < -0.39 is 9.84 Å². The highest BCUT2D eigenvalue weighted by Gasteiger charge is 2.05. The van der Waals surface area contributed by atoms with Gasteiger partial charge in [-0.25, -0.2) is 8.42 Å². The molecular weight excluding hydrogens is 258 g/mol. The smallest absolute Gasteiger partial charge is 0.148 e. The molecule has 0 aliphatic rings. The average molecular weight is 275 g/mol. The van der Waals surface area contributed by atoms with Crippen molar-refractivity contribution in [2.45, 2.75) is 11.8 Å². The number of hydrogen-bond donors (Lipinski definition) is 1. The van der Waals surface area contributed by atoms with E-state index in [9.17, 15) is 8.42 Å². The topological polar surface area (TPSA) is 69.4 Å². The summed E-state index contributed by atoms with van der Waals surface area (Å²) >= 11 is 1.48. The van der Waals surface area contributed by atoms with Crippen molar-refractivity contribution in [1.29, 1.82) is 0 Å². The van der Waals surface area contributed by atoms with Gasteiger partial charge in [-0.05, 0) is 25.1 Å². The quantitative estimate of drug-likeness (QED) is 0.633. The Balaban J connectivity index is 2.63. The lowest BCUT2D eigenvalue weighted by molar-refractivity contribution is 0.341. The number of ether oxygens (including phenoxy) is 1. The van der Waals surface area contributed by atoms with Crippen molar-refractivity contribution in [3.05, 3.63) is 18.2 Å². The van der Waals surface area contributed by atoms with E-state index in [2.05, 4.69) is 0 Å². The van der Waals surface area contributed by atoms with Crippen molar-refractivity contribution >= 4 is 27.3 Å². The number of nitrogens with two attached hydrogens (primary N) is 1. The molecule has 4 nitrogen and oxygen atoms in total. The summed E-state index contributed by atoms with van der Waals surface area (Å²) in [6.07, 6.45) is 1.24. The van der Waals surface area contributed by atoms with Crippen molar-refractivity contribution < 1.29 is 13.2 Å². The van der Waals surface area contributed by atoms with Gasteiger partial charge in [-0.1, -0.05) is 0 Å². The fourth-order valence-electron chi connectivity index (χ4n) is 1.20. The SMILES string of the molecule is CCOc1cc(SCCS(C)(=O)=O)ccc1N. The highest BCUT2D eigenvalue weighted by Crippen LogP contribution is 2.28. The lowest BCUT2D eigenvalue weighted by Crippen LogP contribution is -2.05. The van der Waals surface area contributed by atoms with Gasteiger partial charge >= 0.3 is 0 Å². The third-order valence-corrected chi connectivity index (χ3v) is 4.21. The maximum absolute atomic E-state index is 11.0. The van der Waals surface area contributed by atoms with Crippen LogP contribution in [0.3, 0.4) is 0 Å². The summed E-state index contributed by atoms with van der Waals surface area (Å²) in [7, 11) is -2.90. The van der Waals surface area contributed by atoms with Gasteiger partial charge < -0.3 is 10.5 Å². The number of anilines is 1. The molecule has 96 valence electrons. The summed E-state index contributed by atoms with van der Waals surface area (Å²) < 4.78 is 27.3. The maximum atomic E-state index is 11.0. The van der Waals surface area contributed by atoms with Crippen LogP contribution in [-0.4, -0.2) is 32.8 Å². The molecule has 1 aromatic carbocycles. The summed E-state index contributed by atoms with van der Waals surface area (Å²) in [5, 5.41) is 0. The van der Waals surface area contributed by atoms with E-state index in [0.29, 0.717) is 23.8 Å². The minimum Gasteiger partial charge on any atom is -0.492 e. The van der Waals surface area contributed by atoms with Gasteiger partial charge in [0.15, 0.2) is 0 Å². The molecule has 0 aliphatic carbocycles. The number of rotatable bonds is 6. The van der Waals surface area contributed by atoms with Gasteiger partial charge in [-0.15, -0.1) is 11.8 Å². The molecule has 2 N–H and O–H groups in total. The van der Waals surface area contributed by atoms with Gasteiger partial charge in [0.25, 0.3) is 0 Å². The molecule has 17 heavy (non-hydrogen) atoms. The van der Waals surface area contributed by atoms with E-state index in [1.54, 1.807) is 6.07 Å². The second kappa shape index (κ2) is 6.16. The molecule has 1 rings (SSSR count). The van der Waals surface area contributed by atoms with Crippen LogP contribution in [0.5, 0.6) is 5.75 Å². The van der Waals surface area contributed by atoms with Gasteiger partial charge in [0.2, 0.25) is 0 Å². The molecule has 0 atom stereocenters. The molecule has 0 amide bonds. The highest BCUT2D eigenvalue weighted by atomic mass is 32.2. The Kier molecular flexibility index (Phi) is 5.14. The Hall–Kier alpha value is -0.880. The number of nitrogen functional groups attached to an aromatic ring is 1. The first kappa shape index (κ1) is 14.2. The largest absolute Gasteiger partial charge is 0.492 e. The summed E-state index contributed by atoms with van der Waals surface area (Å²) in [5.41, 5.74) is 6.34. The van der Waals surface area contributed by atoms with Crippen LogP contribution in [0.25, 0.3) is 0 Å². The third-order valence-electron chi connectivity index (χ3n) is 2.01. The van der Waals surface area contributed by atoms with Crippen molar-refractivity contribution in [3.8, 4) is 5.75 Å². The first-order chi connectivity index (χ1) is 7.92. The predicted octanol–water partition coefficient (Wildman–Crippen LogP) is 1.80. The zero-order chi connectivity index (χ0) is 12.9. The van der Waals surface area contributed by atoms with Gasteiger partial charge in [0.05, 0.1) is 18.0 Å². The molecular formula is C11H17NO3S2. The molecule has 0 fully saturated rings. The van der Waals surface area contributed by atoms with Crippen LogP contribution in [0.15, 0.2) is 23.1 Å². The van der Waals surface area contributed by atoms with Crippen molar-refractivity contribution in [2.24, 2.45) is 0 Å². The molecule has 6 heteroatoms. The second-order valence-corrected chi connectivity index (χ2v) is 7.04. The Morgan fingerprint density at radius 3 is 2.71 bits per heavy atom. The molecule has 0 aromatic heterocycles. The minimum atomic E-state index is -2.90. The summed E-state index contributed by atoms with van der Waals surface area (Å²) in [4.78, 5) is 0.964. The van der Waals surface area contributed by atoms with Crippen LogP contribution >= 0.6 is 11.8 Å². The van der Waals surface area contributed by atoms with E-state index in [0.717, 1.165) is 4.90 Å². The summed E-state index contributed by atoms with van der Waals surface area (Å²) in [6.45, 7) is 2.45. The van der Waals surface area contributed by atoms with Gasteiger partial charge in [-0.3, -0.25) is 0 Å². The van der Waals surface area contributed by atoms with E-state index in [4.69, 9.17) is 10.5 Å². The normalized spacial score (nSPS) is 11.4. The van der Waals surface area contributed by atoms with E-state index in [1.807, 2.05) is 19.1 Å². The lowest BCUT2D eigenvalue weighted by Gasteiger charge is -2.08. The Bertz CT molecular complexity index is 472. The molecule has 0 aliphatic heterocycles. The van der Waals surface area contributed by atoms with Crippen molar-refractivity contribution in [1.82, 2.24) is 0 Å². The Morgan fingerprint density at radius 1 is 1.41 bits per heavy atom. The molecule has 0 heterocycles. The fourth-order valence-corrected chi connectivity index (χ4v) is 3.33. The standard InChI is InChI=1S/C11H17NO3S2/c1-3-15-11-8-9(4-5-10(11)12)16-6-7-17(2,13)14/h4-5,8H,3,6-7,12H2,1-2H3. The van der Waals surface area contributed by atoms with Crippen LogP contribution in [0, 0.1) is 0 Å². The van der Waals surface area contributed by atoms with Crippen molar-refractivity contribution in [2.75, 3.05) is 30.1 Å². The van der Waals surface area contributed by atoms with Crippen LogP contribution < -0.4 is 10.5 Å². The Morgan fingerprint density at radius 2 is 2.12 bits per heavy atom. The first-order valence-electron chi connectivity index (χ1n) is 5.25. The maximum Gasteiger partial charge on any atom is 0.148 e. The fraction of sp³-hybridized carbons (Fsp3) is 0.455. The van der Waals surface area contributed by atoms with Crippen LogP contribution in [-0.2, 0) is 9.84 Å². The Labute approximate surface area is 106 Å². The molecule has 0 bridgehead atoms. The highest BCUT2D eigenvalue weighted by molar-refractivity contribution is 8.00. The lowest BCUT2D eigenvalue weighted by atomic mass is 10.3. The summed E-state index contributed by atoms with van der Waals surface area (Å²) in [6, 6.07) is 5.48.